The minimum Gasteiger partial charge on any atom is -0.308 e. The number of rotatable bonds is 5. The van der Waals surface area contributed by atoms with E-state index in [0.717, 1.165) is 43.9 Å². The fourth-order valence-corrected chi connectivity index (χ4v) is 9.81. The van der Waals surface area contributed by atoms with E-state index in [4.69, 9.17) is 19.9 Å². The average molecular weight is 747 g/mol. The van der Waals surface area contributed by atoms with Gasteiger partial charge >= 0.3 is 0 Å². The van der Waals surface area contributed by atoms with Gasteiger partial charge in [-0.1, -0.05) is 127 Å². The number of fused-ring (bicyclic) bond motifs is 12. The molecule has 5 aromatic heterocycles. The van der Waals surface area contributed by atoms with Crippen LogP contribution in [0.2, 0.25) is 0 Å². The number of hydrogen-bond donors (Lipinski definition) is 0. The summed E-state index contributed by atoms with van der Waals surface area (Å²) >= 11 is 1.78. The maximum Gasteiger partial charge on any atom is 0.164 e. The van der Waals surface area contributed by atoms with E-state index in [9.17, 15) is 0 Å². The van der Waals surface area contributed by atoms with E-state index in [2.05, 4.69) is 124 Å². The maximum atomic E-state index is 5.10. The quantitative estimate of drug-likeness (QED) is 0.176. The lowest BCUT2D eigenvalue weighted by Gasteiger charge is -2.13. The molecule has 0 aliphatic heterocycles. The Balaban J connectivity index is 1.21. The van der Waals surface area contributed by atoms with Gasteiger partial charge in [-0.3, -0.25) is 0 Å². The first kappa shape index (κ1) is 31.8. The molecule has 0 unspecified atom stereocenters. The van der Waals surface area contributed by atoms with Gasteiger partial charge in [0.1, 0.15) is 4.83 Å². The predicted molar refractivity (Wildman–Crippen MR) is 235 cm³/mol. The van der Waals surface area contributed by atoms with Gasteiger partial charge in [-0.2, -0.15) is 0 Å². The van der Waals surface area contributed by atoms with Gasteiger partial charge in [0.05, 0.1) is 22.1 Å². The first-order valence-corrected chi connectivity index (χ1v) is 19.8. The second-order valence-electron chi connectivity index (χ2n) is 14.2. The summed E-state index contributed by atoms with van der Waals surface area (Å²) in [5, 5.41) is 7.24. The minimum absolute atomic E-state index is 0.620. The number of thiophene rings is 1. The van der Waals surface area contributed by atoms with E-state index < -0.39 is 0 Å². The predicted octanol–water partition coefficient (Wildman–Crippen LogP) is 12.8. The van der Waals surface area contributed by atoms with Crippen molar-refractivity contribution in [2.45, 2.75) is 0 Å². The van der Waals surface area contributed by atoms with Gasteiger partial charge in [0.2, 0.25) is 0 Å². The molecule has 0 aliphatic rings. The molecule has 0 saturated heterocycles. The Morgan fingerprint density at radius 2 is 0.860 bits per heavy atom. The van der Waals surface area contributed by atoms with Gasteiger partial charge < -0.3 is 9.13 Å². The zero-order valence-electron chi connectivity index (χ0n) is 30.4. The number of hydrogen-bond acceptors (Lipinski definition) is 5. The van der Waals surface area contributed by atoms with Crippen molar-refractivity contribution in [1.29, 1.82) is 0 Å². The lowest BCUT2D eigenvalue weighted by atomic mass is 10.0. The lowest BCUT2D eigenvalue weighted by Crippen LogP contribution is -2.01. The Labute approximate surface area is 330 Å². The van der Waals surface area contributed by atoms with Gasteiger partial charge in [-0.15, -0.1) is 11.3 Å². The summed E-state index contributed by atoms with van der Waals surface area (Å²) in [6.07, 6.45) is 1.90. The van der Waals surface area contributed by atoms with E-state index in [1.807, 2.05) is 66.9 Å². The van der Waals surface area contributed by atoms with Crippen LogP contribution in [0.25, 0.3) is 109 Å². The van der Waals surface area contributed by atoms with E-state index in [-0.39, 0.29) is 0 Å². The molecule has 0 amide bonds. The maximum absolute atomic E-state index is 5.10. The van der Waals surface area contributed by atoms with Gasteiger partial charge in [-0.25, -0.2) is 19.9 Å². The van der Waals surface area contributed by atoms with Gasteiger partial charge in [0.15, 0.2) is 17.5 Å². The second-order valence-corrected chi connectivity index (χ2v) is 15.2. The van der Waals surface area contributed by atoms with Crippen molar-refractivity contribution < 1.29 is 0 Å². The summed E-state index contributed by atoms with van der Waals surface area (Å²) in [5.74, 6) is 1.89. The summed E-state index contributed by atoms with van der Waals surface area (Å²) in [7, 11) is 0. The molecule has 12 aromatic rings. The summed E-state index contributed by atoms with van der Waals surface area (Å²) in [5.41, 5.74) is 9.57. The van der Waals surface area contributed by atoms with Crippen molar-refractivity contribution in [3.63, 3.8) is 0 Å². The molecule has 7 heteroatoms. The van der Waals surface area contributed by atoms with Crippen LogP contribution in [0, 0.1) is 0 Å². The SMILES string of the molecule is c1ccc(-c2nc(-c3ccccc3)nc(-c3cccc(-n4c5ccccc5c5c6sc7ncccc7c6c6c(c7ccccc7n6-c6ccccc6)c54)c3)n2)cc1. The molecule has 0 spiro atoms. The first-order valence-electron chi connectivity index (χ1n) is 19.0. The van der Waals surface area contributed by atoms with Crippen LogP contribution in [0.15, 0.2) is 182 Å². The van der Waals surface area contributed by atoms with Crippen molar-refractivity contribution in [2.75, 3.05) is 0 Å². The molecular formula is C50H30N6S. The molecule has 0 fully saturated rings. The number of nitrogens with zero attached hydrogens (tertiary/aromatic N) is 6. The molecule has 12 rings (SSSR count). The third-order valence-electron chi connectivity index (χ3n) is 11.0. The molecule has 0 aliphatic carbocycles. The van der Waals surface area contributed by atoms with Crippen molar-refractivity contribution in [3.8, 4) is 45.5 Å². The van der Waals surface area contributed by atoms with E-state index >= 15 is 0 Å². The Morgan fingerprint density at radius 3 is 1.51 bits per heavy atom. The van der Waals surface area contributed by atoms with Crippen molar-refractivity contribution in [3.05, 3.63) is 182 Å². The topological polar surface area (TPSA) is 61.4 Å². The van der Waals surface area contributed by atoms with E-state index in [1.165, 1.54) is 48.1 Å². The van der Waals surface area contributed by atoms with Crippen LogP contribution in [-0.4, -0.2) is 29.1 Å². The summed E-state index contributed by atoms with van der Waals surface area (Å²) in [6, 6.07) is 61.5. The van der Waals surface area contributed by atoms with E-state index in [0.29, 0.717) is 17.5 Å². The van der Waals surface area contributed by atoms with Gasteiger partial charge in [0.25, 0.3) is 0 Å². The highest BCUT2D eigenvalue weighted by molar-refractivity contribution is 7.26. The Morgan fingerprint density at radius 1 is 0.386 bits per heavy atom. The second kappa shape index (κ2) is 12.5. The summed E-state index contributed by atoms with van der Waals surface area (Å²) < 4.78 is 6.13. The molecule has 57 heavy (non-hydrogen) atoms. The smallest absolute Gasteiger partial charge is 0.164 e. The molecule has 5 heterocycles. The Bertz CT molecular complexity index is 3460. The monoisotopic (exact) mass is 746 g/mol. The van der Waals surface area contributed by atoms with Gasteiger partial charge in [0, 0.05) is 71.3 Å². The highest BCUT2D eigenvalue weighted by Gasteiger charge is 2.27. The van der Waals surface area contributed by atoms with Gasteiger partial charge in [-0.05, 0) is 48.5 Å². The van der Waals surface area contributed by atoms with Crippen LogP contribution in [-0.2, 0) is 0 Å². The van der Waals surface area contributed by atoms with Crippen molar-refractivity contribution in [2.24, 2.45) is 0 Å². The fourth-order valence-electron chi connectivity index (χ4n) is 8.60. The summed E-state index contributed by atoms with van der Waals surface area (Å²) in [6.45, 7) is 0. The fraction of sp³-hybridized carbons (Fsp3) is 0. The van der Waals surface area contributed by atoms with Crippen LogP contribution in [0.3, 0.4) is 0 Å². The molecule has 6 nitrogen and oxygen atoms in total. The van der Waals surface area contributed by atoms with Crippen LogP contribution >= 0.6 is 11.3 Å². The van der Waals surface area contributed by atoms with Crippen LogP contribution < -0.4 is 0 Å². The lowest BCUT2D eigenvalue weighted by molar-refractivity contribution is 1.07. The molecule has 0 atom stereocenters. The van der Waals surface area contributed by atoms with E-state index in [1.54, 1.807) is 11.3 Å². The van der Waals surface area contributed by atoms with Crippen molar-refractivity contribution in [1.82, 2.24) is 29.1 Å². The highest BCUT2D eigenvalue weighted by Crippen LogP contribution is 2.50. The third kappa shape index (κ3) is 4.83. The molecule has 266 valence electrons. The normalized spacial score (nSPS) is 11.9. The van der Waals surface area contributed by atoms with Crippen LogP contribution in [0.5, 0.6) is 0 Å². The molecule has 0 bridgehead atoms. The zero-order chi connectivity index (χ0) is 37.5. The molecule has 0 saturated carbocycles. The standard InChI is InChI=1S/C50H30N6S/c1-4-16-31(17-5-1)47-52-48(32-18-6-2-7-19-32)54-49(53-47)33-20-14-23-35(30-33)56-40-28-13-11-25-37(40)42-44(56)41-36-24-10-12-27-39(36)55(34-21-8-3-9-22-34)45(41)43-38-26-15-29-51-50(38)57-46(42)43/h1-30H. The first-order chi connectivity index (χ1) is 28.3. The highest BCUT2D eigenvalue weighted by atomic mass is 32.1. The Hall–Kier alpha value is -7.48. The molecular weight excluding hydrogens is 717 g/mol. The number of benzene rings is 7. The number of aromatic nitrogens is 6. The summed E-state index contributed by atoms with van der Waals surface area (Å²) in [4.78, 5) is 21.1. The van der Waals surface area contributed by atoms with Crippen LogP contribution in [0.4, 0.5) is 0 Å². The molecule has 0 radical (unpaired) electrons. The Kier molecular flexibility index (Phi) is 7.00. The number of pyridine rings is 1. The zero-order valence-corrected chi connectivity index (χ0v) is 31.2. The van der Waals surface area contributed by atoms with Crippen molar-refractivity contribution >= 4 is 75.3 Å². The largest absolute Gasteiger partial charge is 0.308 e. The molecule has 0 N–H and O–H groups in total. The van der Waals surface area contributed by atoms with Crippen LogP contribution in [0.1, 0.15) is 0 Å². The average Bonchev–Trinajstić information content (AvgIpc) is 3.95. The third-order valence-corrected chi connectivity index (χ3v) is 12.1. The minimum atomic E-state index is 0.620. The molecule has 7 aromatic carbocycles. The number of para-hydroxylation sites is 3.